The predicted molar refractivity (Wildman–Crippen MR) is 410 cm³/mol. The second-order valence-electron chi connectivity index (χ2n) is 29.5. The molecule has 3 atom stereocenters. The number of hydrogen-bond acceptors (Lipinski definition) is 5. The second-order valence-corrected chi connectivity index (χ2v) is 30.9. The van der Waals surface area contributed by atoms with Crippen molar-refractivity contribution >= 4 is 13.7 Å². The maximum atomic E-state index is 13.1. The molecule has 0 saturated carbocycles. The second kappa shape index (κ2) is 74.4. The number of carbonyl (C=O) groups excluding carboxylic acids is 1. The Labute approximate surface area is 581 Å². The van der Waals surface area contributed by atoms with Crippen molar-refractivity contribution < 1.29 is 32.9 Å². The molecule has 3 N–H and O–H groups in total. The SMILES string of the molecule is CCCCCCC/C=C\C/C=C\CCCCCCCCCCCCCCCCCCCCCCCCCCCCCC(=O)NC(COP(=O)(O)OCC[N+](C)(C)C)C(O)/C=C/CC/C=C/CC/C=C/CCCCCCCCCCCCCCCCCCCCCCCC. The molecule has 0 fully saturated rings. The van der Waals surface area contributed by atoms with Crippen LogP contribution in [0.5, 0.6) is 0 Å². The zero-order valence-corrected chi connectivity index (χ0v) is 63.9. The molecule has 1 amide bonds. The molecular formula is C84H162N2O6P+. The molecule has 0 aromatic rings. The first-order valence-corrected chi connectivity index (χ1v) is 42.7. The Morgan fingerprint density at radius 2 is 0.624 bits per heavy atom. The zero-order valence-electron chi connectivity index (χ0n) is 63.0. The van der Waals surface area contributed by atoms with Crippen LogP contribution in [-0.4, -0.2) is 73.4 Å². The fourth-order valence-electron chi connectivity index (χ4n) is 12.6. The fraction of sp³-hybridized carbons (Fsp3) is 0.869. The van der Waals surface area contributed by atoms with E-state index < -0.39 is 20.0 Å². The van der Waals surface area contributed by atoms with Gasteiger partial charge in [-0.1, -0.05) is 396 Å². The third-order valence-electron chi connectivity index (χ3n) is 18.9. The highest BCUT2D eigenvalue weighted by molar-refractivity contribution is 7.47. The van der Waals surface area contributed by atoms with Gasteiger partial charge in [-0.15, -0.1) is 0 Å². The Morgan fingerprint density at radius 3 is 0.925 bits per heavy atom. The Balaban J connectivity index is 3.97. The molecule has 0 aromatic carbocycles. The summed E-state index contributed by atoms with van der Waals surface area (Å²) >= 11 is 0. The summed E-state index contributed by atoms with van der Waals surface area (Å²) in [6.45, 7) is 4.84. The highest BCUT2D eigenvalue weighted by Gasteiger charge is 2.28. The number of quaternary nitrogens is 1. The standard InChI is InChI=1S/C84H161N2O6P/c1-6-8-10-12-14-16-18-20-22-24-26-28-30-32-34-36-38-40-41-42-43-44-45-46-48-50-52-54-56-58-60-62-64-66-68-70-72-74-76-78-84(88)85-82(81-92-93(89,90)91-80-79-86(3,4)5)83(87)77-75-73-71-69-67-65-63-61-59-57-55-53-51-49-47-39-37-35-33-31-29-27-25-23-21-19-17-15-13-11-9-7-2/h18,20,24,26,59,61,67,69,75,77,82-83,87H,6-17,19,21-23,25,27-58,60,62-66,68,70-74,76,78-81H2,1-5H3,(H-,85,88,89,90)/p+1/b20-18-,26-24-,61-59+,69-67+,77-75+. The number of likely N-dealkylation sites (N-methyl/N-ethyl adjacent to an activating group) is 1. The van der Waals surface area contributed by atoms with Crippen LogP contribution in [0.3, 0.4) is 0 Å². The van der Waals surface area contributed by atoms with Gasteiger partial charge >= 0.3 is 7.82 Å². The monoisotopic (exact) mass is 1330 g/mol. The number of nitrogens with zero attached hydrogens (tertiary/aromatic N) is 1. The topological polar surface area (TPSA) is 105 Å². The van der Waals surface area contributed by atoms with E-state index in [0.717, 1.165) is 51.4 Å². The minimum absolute atomic E-state index is 0.0544. The lowest BCUT2D eigenvalue weighted by Gasteiger charge is -2.25. The maximum absolute atomic E-state index is 13.1. The van der Waals surface area contributed by atoms with Crippen molar-refractivity contribution in [3.63, 3.8) is 0 Å². The summed E-state index contributed by atoms with van der Waals surface area (Å²) in [5, 5.41) is 14.0. The molecule has 0 saturated heterocycles. The molecule has 9 heteroatoms. The van der Waals surface area contributed by atoms with Crippen molar-refractivity contribution in [3.8, 4) is 0 Å². The van der Waals surface area contributed by atoms with Gasteiger partial charge in [-0.2, -0.15) is 0 Å². The molecule has 0 aliphatic rings. The van der Waals surface area contributed by atoms with Gasteiger partial charge in [0, 0.05) is 6.42 Å². The van der Waals surface area contributed by atoms with E-state index in [4.69, 9.17) is 9.05 Å². The van der Waals surface area contributed by atoms with Crippen LogP contribution in [0.1, 0.15) is 418 Å². The zero-order chi connectivity index (χ0) is 67.6. The number of nitrogens with one attached hydrogen (secondary N) is 1. The Hall–Kier alpha value is -1.80. The summed E-state index contributed by atoms with van der Waals surface area (Å²) in [5.41, 5.74) is 0. The van der Waals surface area contributed by atoms with Gasteiger partial charge in [-0.25, -0.2) is 4.57 Å². The number of amides is 1. The molecule has 0 rings (SSSR count). The molecule has 0 aromatic heterocycles. The molecule has 0 radical (unpaired) electrons. The van der Waals surface area contributed by atoms with Crippen molar-refractivity contribution in [2.24, 2.45) is 0 Å². The van der Waals surface area contributed by atoms with Crippen LogP contribution >= 0.6 is 7.82 Å². The van der Waals surface area contributed by atoms with E-state index in [1.165, 1.54) is 347 Å². The quantitative estimate of drug-likeness (QED) is 0.0243. The molecule has 0 spiro atoms. The molecule has 8 nitrogen and oxygen atoms in total. The van der Waals surface area contributed by atoms with E-state index in [2.05, 4.69) is 67.8 Å². The molecule has 0 bridgehead atoms. The Kier molecular flexibility index (Phi) is 73.0. The van der Waals surface area contributed by atoms with Crippen molar-refractivity contribution in [1.82, 2.24) is 5.32 Å². The number of hydrogen-bond donors (Lipinski definition) is 3. The lowest BCUT2D eigenvalue weighted by Crippen LogP contribution is -2.45. The lowest BCUT2D eigenvalue weighted by molar-refractivity contribution is -0.870. The summed E-state index contributed by atoms with van der Waals surface area (Å²) in [4.78, 5) is 23.5. The van der Waals surface area contributed by atoms with Crippen molar-refractivity contribution in [3.05, 3.63) is 60.8 Å². The highest BCUT2D eigenvalue weighted by atomic mass is 31.2. The smallest absolute Gasteiger partial charge is 0.387 e. The largest absolute Gasteiger partial charge is 0.472 e. The first kappa shape index (κ1) is 91.2. The number of aliphatic hydroxyl groups excluding tert-OH is 1. The molecule has 548 valence electrons. The Bertz CT molecular complexity index is 1710. The maximum Gasteiger partial charge on any atom is 0.472 e. The number of aliphatic hydroxyl groups is 1. The van der Waals surface area contributed by atoms with Crippen LogP contribution in [0.4, 0.5) is 0 Å². The first-order valence-electron chi connectivity index (χ1n) is 41.2. The molecule has 0 aliphatic carbocycles. The summed E-state index contributed by atoms with van der Waals surface area (Å²) in [6, 6.07) is -0.872. The molecular weight excluding hydrogens is 1160 g/mol. The number of allylic oxidation sites excluding steroid dienone is 9. The third-order valence-corrected chi connectivity index (χ3v) is 19.9. The number of rotatable bonds is 77. The molecule has 0 heterocycles. The lowest BCUT2D eigenvalue weighted by atomic mass is 10.0. The van der Waals surface area contributed by atoms with Crippen molar-refractivity contribution in [2.75, 3.05) is 40.9 Å². The van der Waals surface area contributed by atoms with Crippen molar-refractivity contribution in [1.29, 1.82) is 0 Å². The number of unbranched alkanes of at least 4 members (excludes halogenated alkanes) is 56. The van der Waals surface area contributed by atoms with Crippen LogP contribution in [0, 0.1) is 0 Å². The molecule has 3 unspecified atom stereocenters. The Morgan fingerprint density at radius 1 is 0.366 bits per heavy atom. The van der Waals surface area contributed by atoms with Gasteiger partial charge < -0.3 is 19.8 Å². The summed E-state index contributed by atoms with van der Waals surface area (Å²) in [5.74, 6) is -0.183. The van der Waals surface area contributed by atoms with Crippen LogP contribution < -0.4 is 5.32 Å². The van der Waals surface area contributed by atoms with Crippen LogP contribution in [0.25, 0.3) is 0 Å². The van der Waals surface area contributed by atoms with Crippen LogP contribution in [0.15, 0.2) is 60.8 Å². The number of phosphoric ester groups is 1. The van der Waals surface area contributed by atoms with Crippen LogP contribution in [-0.2, 0) is 18.4 Å². The van der Waals surface area contributed by atoms with E-state index in [-0.39, 0.29) is 19.1 Å². The van der Waals surface area contributed by atoms with Gasteiger partial charge in [0.2, 0.25) is 5.91 Å². The van der Waals surface area contributed by atoms with Crippen LogP contribution in [0.2, 0.25) is 0 Å². The van der Waals surface area contributed by atoms with Gasteiger partial charge in [0.1, 0.15) is 13.2 Å². The average Bonchev–Trinajstić information content (AvgIpc) is 1.94. The summed E-state index contributed by atoms with van der Waals surface area (Å²) in [7, 11) is 1.56. The number of carbonyl (C=O) groups is 1. The predicted octanol–water partition coefficient (Wildman–Crippen LogP) is 27.1. The van der Waals surface area contributed by atoms with E-state index >= 15 is 0 Å². The van der Waals surface area contributed by atoms with E-state index in [0.29, 0.717) is 17.4 Å². The molecule has 93 heavy (non-hydrogen) atoms. The minimum Gasteiger partial charge on any atom is -0.387 e. The van der Waals surface area contributed by atoms with Gasteiger partial charge in [0.15, 0.2) is 0 Å². The fourth-order valence-corrected chi connectivity index (χ4v) is 13.3. The summed E-state index contributed by atoms with van der Waals surface area (Å²) < 4.78 is 23.9. The highest BCUT2D eigenvalue weighted by Crippen LogP contribution is 2.43. The van der Waals surface area contributed by atoms with Gasteiger partial charge in [-0.3, -0.25) is 13.8 Å². The number of phosphoric acid groups is 1. The minimum atomic E-state index is -4.37. The van der Waals surface area contributed by atoms with E-state index in [9.17, 15) is 19.4 Å². The first-order chi connectivity index (χ1) is 45.5. The third kappa shape index (κ3) is 77.4. The normalized spacial score (nSPS) is 13.8. The summed E-state index contributed by atoms with van der Waals surface area (Å²) in [6.07, 6.45) is 104. The molecule has 0 aliphatic heterocycles. The van der Waals surface area contributed by atoms with Gasteiger partial charge in [-0.05, 0) is 77.0 Å². The van der Waals surface area contributed by atoms with Crippen molar-refractivity contribution in [2.45, 2.75) is 431 Å². The average molecular weight is 1330 g/mol. The van der Waals surface area contributed by atoms with E-state index in [1.54, 1.807) is 6.08 Å². The van der Waals surface area contributed by atoms with Gasteiger partial charge in [0.05, 0.1) is 39.9 Å². The van der Waals surface area contributed by atoms with E-state index in [1.807, 2.05) is 27.2 Å². The van der Waals surface area contributed by atoms with Gasteiger partial charge in [0.25, 0.3) is 0 Å².